The van der Waals surface area contributed by atoms with Crippen LogP contribution in [-0.4, -0.2) is 31.0 Å². The number of aromatic nitrogens is 4. The molecule has 0 aliphatic carbocycles. The third-order valence-electron chi connectivity index (χ3n) is 3.55. The number of benzene rings is 1. The first-order valence-electron chi connectivity index (χ1n) is 7.64. The van der Waals surface area contributed by atoms with E-state index in [2.05, 4.69) is 20.4 Å². The SMILES string of the molecule is CC(C)(Cc1ccccc1Cl)NC(=O)Cc1nc2ncccn2n1. The van der Waals surface area contributed by atoms with Gasteiger partial charge in [-0.3, -0.25) is 4.79 Å². The topological polar surface area (TPSA) is 72.2 Å². The molecule has 1 N–H and O–H groups in total. The van der Waals surface area contributed by atoms with E-state index >= 15 is 0 Å². The Bertz CT molecular complexity index is 841. The van der Waals surface area contributed by atoms with Gasteiger partial charge in [0.25, 0.3) is 5.78 Å². The van der Waals surface area contributed by atoms with Gasteiger partial charge in [-0.25, -0.2) is 9.50 Å². The number of halogens is 1. The zero-order valence-electron chi connectivity index (χ0n) is 13.5. The van der Waals surface area contributed by atoms with E-state index in [0.717, 1.165) is 5.56 Å². The normalized spacial score (nSPS) is 11.6. The number of carbonyl (C=O) groups is 1. The molecule has 6 nitrogen and oxygen atoms in total. The molecule has 0 bridgehead atoms. The van der Waals surface area contributed by atoms with Gasteiger partial charge >= 0.3 is 0 Å². The molecule has 1 aromatic carbocycles. The summed E-state index contributed by atoms with van der Waals surface area (Å²) < 4.78 is 1.55. The van der Waals surface area contributed by atoms with E-state index in [1.54, 1.807) is 23.0 Å². The number of nitrogens with one attached hydrogen (secondary N) is 1. The van der Waals surface area contributed by atoms with Gasteiger partial charge in [0.15, 0.2) is 5.82 Å². The monoisotopic (exact) mass is 343 g/mol. The summed E-state index contributed by atoms with van der Waals surface area (Å²) in [5.74, 6) is 0.790. The van der Waals surface area contributed by atoms with E-state index in [1.165, 1.54) is 0 Å². The largest absolute Gasteiger partial charge is 0.351 e. The minimum Gasteiger partial charge on any atom is -0.351 e. The summed E-state index contributed by atoms with van der Waals surface area (Å²) in [5.41, 5.74) is 0.568. The van der Waals surface area contributed by atoms with Crippen molar-refractivity contribution in [2.75, 3.05) is 0 Å². The van der Waals surface area contributed by atoms with Crippen LogP contribution in [0.2, 0.25) is 5.02 Å². The predicted molar refractivity (Wildman–Crippen MR) is 91.9 cm³/mol. The quantitative estimate of drug-likeness (QED) is 0.772. The summed E-state index contributed by atoms with van der Waals surface area (Å²) in [6.07, 6.45) is 4.13. The standard InChI is InChI=1S/C17H18ClN5O/c1-17(2,11-12-6-3-4-7-13(12)18)21-15(24)10-14-20-16-19-8-5-9-23(16)22-14/h3-9H,10-11H2,1-2H3,(H,21,24). The molecule has 124 valence electrons. The zero-order valence-corrected chi connectivity index (χ0v) is 14.3. The first kappa shape index (κ1) is 16.4. The van der Waals surface area contributed by atoms with Crippen LogP contribution in [0.1, 0.15) is 25.2 Å². The second-order valence-corrected chi connectivity index (χ2v) is 6.68. The molecule has 0 spiro atoms. The van der Waals surface area contributed by atoms with Crippen molar-refractivity contribution in [1.82, 2.24) is 24.9 Å². The minimum atomic E-state index is -0.431. The molecule has 2 heterocycles. The van der Waals surface area contributed by atoms with Crippen molar-refractivity contribution in [3.05, 3.63) is 59.1 Å². The van der Waals surface area contributed by atoms with E-state index in [0.29, 0.717) is 23.0 Å². The molecule has 0 aliphatic rings. The molecule has 0 aliphatic heterocycles. The lowest BCUT2D eigenvalue weighted by atomic mass is 9.94. The second-order valence-electron chi connectivity index (χ2n) is 6.27. The molecule has 24 heavy (non-hydrogen) atoms. The van der Waals surface area contributed by atoms with Crippen LogP contribution in [0.25, 0.3) is 5.78 Å². The number of hydrogen-bond donors (Lipinski definition) is 1. The lowest BCUT2D eigenvalue weighted by molar-refractivity contribution is -0.122. The molecule has 1 amide bonds. The Morgan fingerprint density at radius 1 is 1.29 bits per heavy atom. The highest BCUT2D eigenvalue weighted by Gasteiger charge is 2.23. The molecule has 2 aromatic heterocycles. The lowest BCUT2D eigenvalue weighted by Gasteiger charge is -2.26. The van der Waals surface area contributed by atoms with E-state index < -0.39 is 5.54 Å². The molecule has 0 fully saturated rings. The fourth-order valence-electron chi connectivity index (χ4n) is 2.58. The van der Waals surface area contributed by atoms with Gasteiger partial charge in [0.05, 0.1) is 6.42 Å². The van der Waals surface area contributed by atoms with E-state index in [-0.39, 0.29) is 12.3 Å². The first-order chi connectivity index (χ1) is 11.4. The molecular weight excluding hydrogens is 326 g/mol. The Hall–Kier alpha value is -2.47. The molecule has 0 saturated heterocycles. The Morgan fingerprint density at radius 2 is 2.08 bits per heavy atom. The predicted octanol–water partition coefficient (Wildman–Crippen LogP) is 2.46. The fourth-order valence-corrected chi connectivity index (χ4v) is 2.78. The third kappa shape index (κ3) is 3.89. The van der Waals surface area contributed by atoms with Crippen LogP contribution in [0.4, 0.5) is 0 Å². The molecular formula is C17H18ClN5O. The van der Waals surface area contributed by atoms with Crippen molar-refractivity contribution in [3.63, 3.8) is 0 Å². The fraction of sp³-hybridized carbons (Fsp3) is 0.294. The molecule has 7 heteroatoms. The number of carbonyl (C=O) groups excluding carboxylic acids is 1. The van der Waals surface area contributed by atoms with Crippen LogP contribution >= 0.6 is 11.6 Å². The van der Waals surface area contributed by atoms with Crippen LogP contribution in [0.5, 0.6) is 0 Å². The summed E-state index contributed by atoms with van der Waals surface area (Å²) in [6, 6.07) is 9.40. The van der Waals surface area contributed by atoms with Crippen molar-refractivity contribution < 1.29 is 4.79 Å². The number of fused-ring (bicyclic) bond motifs is 1. The van der Waals surface area contributed by atoms with E-state index in [4.69, 9.17) is 11.6 Å². The Morgan fingerprint density at radius 3 is 2.83 bits per heavy atom. The van der Waals surface area contributed by atoms with Gasteiger partial charge in [-0.2, -0.15) is 4.98 Å². The maximum Gasteiger partial charge on any atom is 0.252 e. The van der Waals surface area contributed by atoms with E-state index in [9.17, 15) is 4.79 Å². The maximum absolute atomic E-state index is 12.3. The van der Waals surface area contributed by atoms with Crippen molar-refractivity contribution in [1.29, 1.82) is 0 Å². The third-order valence-corrected chi connectivity index (χ3v) is 3.92. The van der Waals surface area contributed by atoms with Gasteiger partial charge in [-0.1, -0.05) is 29.8 Å². The second kappa shape index (κ2) is 6.57. The molecule has 0 unspecified atom stereocenters. The van der Waals surface area contributed by atoms with Gasteiger partial charge < -0.3 is 5.32 Å². The Kier molecular flexibility index (Phi) is 4.49. The van der Waals surface area contributed by atoms with Gasteiger partial charge in [-0.15, -0.1) is 5.10 Å². The molecule has 0 saturated carbocycles. The minimum absolute atomic E-state index is 0.106. The van der Waals surface area contributed by atoms with Crippen LogP contribution in [0.3, 0.4) is 0 Å². The average molecular weight is 344 g/mol. The van der Waals surface area contributed by atoms with Crippen LogP contribution in [0, 0.1) is 0 Å². The van der Waals surface area contributed by atoms with Gasteiger partial charge in [0.1, 0.15) is 0 Å². The smallest absolute Gasteiger partial charge is 0.252 e. The summed E-state index contributed by atoms with van der Waals surface area (Å²) in [7, 11) is 0. The Labute approximate surface area is 144 Å². The highest BCUT2D eigenvalue weighted by atomic mass is 35.5. The van der Waals surface area contributed by atoms with Crippen molar-refractivity contribution in [2.24, 2.45) is 0 Å². The van der Waals surface area contributed by atoms with Crippen LogP contribution in [-0.2, 0) is 17.6 Å². The lowest BCUT2D eigenvalue weighted by Crippen LogP contribution is -2.45. The molecule has 3 aromatic rings. The maximum atomic E-state index is 12.3. The van der Waals surface area contributed by atoms with Crippen molar-refractivity contribution >= 4 is 23.3 Å². The van der Waals surface area contributed by atoms with Crippen LogP contribution < -0.4 is 5.32 Å². The van der Waals surface area contributed by atoms with Crippen molar-refractivity contribution in [2.45, 2.75) is 32.2 Å². The average Bonchev–Trinajstić information content (AvgIpc) is 2.90. The number of hydrogen-bond acceptors (Lipinski definition) is 4. The number of amides is 1. The Balaban J connectivity index is 1.65. The van der Waals surface area contributed by atoms with Gasteiger partial charge in [0.2, 0.25) is 5.91 Å². The molecule has 0 radical (unpaired) electrons. The number of nitrogens with zero attached hydrogens (tertiary/aromatic N) is 4. The van der Waals surface area contributed by atoms with Crippen molar-refractivity contribution in [3.8, 4) is 0 Å². The first-order valence-corrected chi connectivity index (χ1v) is 8.01. The number of rotatable bonds is 5. The molecule has 3 rings (SSSR count). The van der Waals surface area contributed by atoms with Crippen LogP contribution in [0.15, 0.2) is 42.7 Å². The summed E-state index contributed by atoms with van der Waals surface area (Å²) >= 11 is 6.20. The zero-order chi connectivity index (χ0) is 17.2. The summed E-state index contributed by atoms with van der Waals surface area (Å²) in [5, 5.41) is 7.96. The van der Waals surface area contributed by atoms with E-state index in [1.807, 2.05) is 38.1 Å². The highest BCUT2D eigenvalue weighted by molar-refractivity contribution is 6.31. The molecule has 0 atom stereocenters. The summed E-state index contributed by atoms with van der Waals surface area (Å²) in [6.45, 7) is 3.93. The van der Waals surface area contributed by atoms with Gasteiger partial charge in [-0.05, 0) is 38.0 Å². The van der Waals surface area contributed by atoms with Gasteiger partial charge in [0, 0.05) is 23.0 Å². The highest BCUT2D eigenvalue weighted by Crippen LogP contribution is 2.20. The summed E-state index contributed by atoms with van der Waals surface area (Å²) in [4.78, 5) is 20.7.